The molecule has 0 bridgehead atoms. The summed E-state index contributed by atoms with van der Waals surface area (Å²) >= 11 is 0. The Morgan fingerprint density at radius 3 is 2.40 bits per heavy atom. The first-order valence-electron chi connectivity index (χ1n) is 9.63. The Morgan fingerprint density at radius 2 is 1.70 bits per heavy atom. The third kappa shape index (κ3) is 5.03. The molecule has 3 aromatic rings. The van der Waals surface area contributed by atoms with Crippen molar-refractivity contribution < 1.29 is 19.1 Å². The minimum atomic E-state index is -0.944. The zero-order valence-corrected chi connectivity index (χ0v) is 17.2. The van der Waals surface area contributed by atoms with Gasteiger partial charge in [0.1, 0.15) is 5.75 Å². The topological polar surface area (TPSA) is 77.5 Å². The monoisotopic (exact) mass is 404 g/mol. The predicted molar refractivity (Wildman–Crippen MR) is 114 cm³/mol. The summed E-state index contributed by atoms with van der Waals surface area (Å²) in [5.74, 6) is -0.289. The number of aryl methyl sites for hydroxylation is 1. The third-order valence-electron chi connectivity index (χ3n) is 4.67. The van der Waals surface area contributed by atoms with Gasteiger partial charge in [-0.3, -0.25) is 9.78 Å². The largest absolute Gasteiger partial charge is 0.496 e. The molecule has 3 rings (SSSR count). The van der Waals surface area contributed by atoms with Crippen LogP contribution in [-0.2, 0) is 16.1 Å². The molecule has 154 valence electrons. The van der Waals surface area contributed by atoms with E-state index in [-0.39, 0.29) is 12.5 Å². The van der Waals surface area contributed by atoms with E-state index >= 15 is 0 Å². The Bertz CT molecular complexity index is 1030. The van der Waals surface area contributed by atoms with E-state index in [9.17, 15) is 9.59 Å². The number of carbonyl (C=O) groups excluding carboxylic acids is 2. The van der Waals surface area contributed by atoms with Crippen LogP contribution in [-0.4, -0.2) is 30.1 Å². The van der Waals surface area contributed by atoms with Gasteiger partial charge in [0.05, 0.1) is 24.1 Å². The summed E-state index contributed by atoms with van der Waals surface area (Å²) in [4.78, 5) is 29.4. The maximum Gasteiger partial charge on any atom is 0.340 e. The van der Waals surface area contributed by atoms with E-state index in [0.29, 0.717) is 17.0 Å². The fraction of sp³-hybridized carbons (Fsp3) is 0.208. The second kappa shape index (κ2) is 9.69. The quantitative estimate of drug-likeness (QED) is 0.604. The molecular weight excluding hydrogens is 380 g/mol. The molecule has 1 unspecified atom stereocenters. The summed E-state index contributed by atoms with van der Waals surface area (Å²) in [7, 11) is 1.57. The molecule has 2 aromatic carbocycles. The Morgan fingerprint density at radius 1 is 1.00 bits per heavy atom. The second-order valence-electron chi connectivity index (χ2n) is 6.77. The summed E-state index contributed by atoms with van der Waals surface area (Å²) in [6, 6.07) is 20.5. The lowest BCUT2D eigenvalue weighted by molar-refractivity contribution is -0.129. The summed E-state index contributed by atoms with van der Waals surface area (Å²) in [5.41, 5.74) is 3.45. The minimum Gasteiger partial charge on any atom is -0.496 e. The van der Waals surface area contributed by atoms with E-state index in [1.165, 1.54) is 6.92 Å². The van der Waals surface area contributed by atoms with E-state index in [2.05, 4.69) is 10.3 Å². The average Bonchev–Trinajstić information content (AvgIpc) is 2.77. The number of para-hydroxylation sites is 1. The maximum absolute atomic E-state index is 12.5. The van der Waals surface area contributed by atoms with Gasteiger partial charge in [-0.05, 0) is 32.0 Å². The molecule has 1 atom stereocenters. The number of nitrogens with one attached hydrogen (secondary N) is 1. The van der Waals surface area contributed by atoms with Gasteiger partial charge in [0, 0.05) is 17.7 Å². The molecule has 0 radical (unpaired) electrons. The molecule has 30 heavy (non-hydrogen) atoms. The predicted octanol–water partition coefficient (Wildman–Crippen LogP) is 3.93. The van der Waals surface area contributed by atoms with Crippen LogP contribution in [0.1, 0.15) is 28.5 Å². The zero-order chi connectivity index (χ0) is 21.5. The first kappa shape index (κ1) is 21.0. The number of nitrogens with zero attached hydrogens (tertiary/aromatic N) is 1. The fourth-order valence-corrected chi connectivity index (χ4v) is 3.00. The van der Waals surface area contributed by atoms with Crippen LogP contribution in [0.3, 0.4) is 0 Å². The SMILES string of the molecule is COc1ccccc1CNC(=O)C(C)OC(=O)c1ccc(-c2ccccc2)nc1C. The molecule has 1 amide bonds. The first-order chi connectivity index (χ1) is 14.5. The van der Waals surface area contributed by atoms with Gasteiger partial charge in [0.25, 0.3) is 5.91 Å². The van der Waals surface area contributed by atoms with Crippen molar-refractivity contribution in [3.05, 3.63) is 83.6 Å². The Balaban J connectivity index is 1.61. The van der Waals surface area contributed by atoms with Crippen LogP contribution in [0.15, 0.2) is 66.7 Å². The number of benzene rings is 2. The van der Waals surface area contributed by atoms with Gasteiger partial charge in [-0.1, -0.05) is 48.5 Å². The number of pyridine rings is 1. The maximum atomic E-state index is 12.5. The Labute approximate surface area is 175 Å². The highest BCUT2D eigenvalue weighted by molar-refractivity contribution is 5.93. The third-order valence-corrected chi connectivity index (χ3v) is 4.67. The van der Waals surface area contributed by atoms with Crippen molar-refractivity contribution in [2.75, 3.05) is 7.11 Å². The van der Waals surface area contributed by atoms with Gasteiger partial charge in [0.2, 0.25) is 0 Å². The minimum absolute atomic E-state index is 0.275. The molecule has 0 spiro atoms. The van der Waals surface area contributed by atoms with Gasteiger partial charge in [-0.15, -0.1) is 0 Å². The number of hydrogen-bond acceptors (Lipinski definition) is 5. The molecule has 0 fully saturated rings. The number of hydrogen-bond donors (Lipinski definition) is 1. The summed E-state index contributed by atoms with van der Waals surface area (Å²) < 4.78 is 10.6. The van der Waals surface area contributed by atoms with Crippen molar-refractivity contribution >= 4 is 11.9 Å². The number of rotatable bonds is 7. The second-order valence-corrected chi connectivity index (χ2v) is 6.77. The van der Waals surface area contributed by atoms with E-state index in [4.69, 9.17) is 9.47 Å². The van der Waals surface area contributed by atoms with Crippen LogP contribution >= 0.6 is 0 Å². The highest BCUT2D eigenvalue weighted by atomic mass is 16.5. The van der Waals surface area contributed by atoms with Gasteiger partial charge in [0.15, 0.2) is 6.10 Å². The molecule has 0 aliphatic heterocycles. The number of ether oxygens (including phenoxy) is 2. The number of amides is 1. The van der Waals surface area contributed by atoms with Crippen molar-refractivity contribution in [2.24, 2.45) is 0 Å². The van der Waals surface area contributed by atoms with Crippen molar-refractivity contribution in [2.45, 2.75) is 26.5 Å². The normalized spacial score (nSPS) is 11.4. The van der Waals surface area contributed by atoms with Gasteiger partial charge in [-0.2, -0.15) is 0 Å². The van der Waals surface area contributed by atoms with Crippen molar-refractivity contribution in [3.63, 3.8) is 0 Å². The highest BCUT2D eigenvalue weighted by Gasteiger charge is 2.21. The first-order valence-corrected chi connectivity index (χ1v) is 9.63. The summed E-state index contributed by atoms with van der Waals surface area (Å²) in [6.45, 7) is 3.56. The van der Waals surface area contributed by atoms with Gasteiger partial charge < -0.3 is 14.8 Å². The van der Waals surface area contributed by atoms with Crippen molar-refractivity contribution in [1.82, 2.24) is 10.3 Å². The molecule has 0 aliphatic carbocycles. The zero-order valence-electron chi connectivity index (χ0n) is 17.2. The summed E-state index contributed by atoms with van der Waals surface area (Å²) in [6.07, 6.45) is -0.944. The van der Waals surface area contributed by atoms with Crippen LogP contribution < -0.4 is 10.1 Å². The van der Waals surface area contributed by atoms with Crippen LogP contribution in [0.5, 0.6) is 5.75 Å². The molecule has 0 saturated carbocycles. The lowest BCUT2D eigenvalue weighted by Crippen LogP contribution is -2.35. The van der Waals surface area contributed by atoms with Gasteiger partial charge >= 0.3 is 5.97 Å². The number of esters is 1. The number of aromatic nitrogens is 1. The van der Waals surface area contributed by atoms with Crippen molar-refractivity contribution in [1.29, 1.82) is 0 Å². The van der Waals surface area contributed by atoms with E-state index in [1.807, 2.05) is 54.6 Å². The Kier molecular flexibility index (Phi) is 6.80. The smallest absolute Gasteiger partial charge is 0.340 e. The lowest BCUT2D eigenvalue weighted by atomic mass is 10.1. The van der Waals surface area contributed by atoms with Crippen LogP contribution in [0.25, 0.3) is 11.3 Å². The van der Waals surface area contributed by atoms with E-state index < -0.39 is 12.1 Å². The molecule has 6 nitrogen and oxygen atoms in total. The Hall–Kier alpha value is -3.67. The van der Waals surface area contributed by atoms with Crippen LogP contribution in [0.4, 0.5) is 0 Å². The van der Waals surface area contributed by atoms with Crippen LogP contribution in [0.2, 0.25) is 0 Å². The molecule has 0 aliphatic rings. The molecule has 1 N–H and O–H groups in total. The standard InChI is InChI=1S/C24H24N2O4/c1-16-20(13-14-21(26-16)18-9-5-4-6-10-18)24(28)30-17(2)23(27)25-15-19-11-7-8-12-22(19)29-3/h4-14,17H,15H2,1-3H3,(H,25,27). The molecular formula is C24H24N2O4. The summed E-state index contributed by atoms with van der Waals surface area (Å²) in [5, 5.41) is 2.76. The fourth-order valence-electron chi connectivity index (χ4n) is 3.00. The average molecular weight is 404 g/mol. The molecule has 1 aromatic heterocycles. The van der Waals surface area contributed by atoms with Crippen LogP contribution in [0, 0.1) is 6.92 Å². The molecule has 1 heterocycles. The molecule has 6 heteroatoms. The van der Waals surface area contributed by atoms with Gasteiger partial charge in [-0.25, -0.2) is 4.79 Å². The van der Waals surface area contributed by atoms with Crippen molar-refractivity contribution in [3.8, 4) is 17.0 Å². The highest BCUT2D eigenvalue weighted by Crippen LogP contribution is 2.20. The lowest BCUT2D eigenvalue weighted by Gasteiger charge is -2.15. The number of methoxy groups -OCH3 is 1. The number of carbonyl (C=O) groups is 2. The van der Waals surface area contributed by atoms with E-state index in [1.54, 1.807) is 26.2 Å². The molecule has 0 saturated heterocycles. The van der Waals surface area contributed by atoms with E-state index in [0.717, 1.165) is 16.8 Å².